The fourth-order valence-electron chi connectivity index (χ4n) is 1.41. The van der Waals surface area contributed by atoms with Crippen molar-refractivity contribution in [2.45, 2.75) is 25.0 Å². The summed E-state index contributed by atoms with van der Waals surface area (Å²) in [5.41, 5.74) is 5.83. The predicted octanol–water partition coefficient (Wildman–Crippen LogP) is 1.81. The second-order valence-corrected chi connectivity index (χ2v) is 4.28. The van der Waals surface area contributed by atoms with Gasteiger partial charge in [0.2, 0.25) is 0 Å². The van der Waals surface area contributed by atoms with Gasteiger partial charge in [-0.3, -0.25) is 0 Å². The molecule has 1 saturated carbocycles. The Balaban J connectivity index is 2.06. The predicted molar refractivity (Wildman–Crippen MR) is 52.1 cm³/mol. The molecular weight excluding hydrogens is 234 g/mol. The van der Waals surface area contributed by atoms with E-state index in [-0.39, 0.29) is 0 Å². The summed E-state index contributed by atoms with van der Waals surface area (Å²) in [7, 11) is 0. The number of nitrogens with two attached hydrogens (primary N) is 1. The van der Waals surface area contributed by atoms with Crippen LogP contribution in [0.15, 0.2) is 21.2 Å². The highest BCUT2D eigenvalue weighted by Crippen LogP contribution is 2.37. The molecule has 0 amide bonds. The second kappa shape index (κ2) is 3.44. The summed E-state index contributed by atoms with van der Waals surface area (Å²) in [6.45, 7) is 0. The van der Waals surface area contributed by atoms with E-state index < -0.39 is 12.1 Å². The Morgan fingerprint density at radius 2 is 2.23 bits per heavy atom. The van der Waals surface area contributed by atoms with Crippen molar-refractivity contribution in [3.8, 4) is 0 Å². The molecule has 2 atom stereocenters. The largest absolute Gasteiger partial charge is 0.453 e. The molecule has 1 fully saturated rings. The van der Waals surface area contributed by atoms with Crippen molar-refractivity contribution in [1.29, 1.82) is 0 Å². The Morgan fingerprint density at radius 1 is 1.54 bits per heavy atom. The maximum Gasteiger partial charge on any atom is 0.169 e. The third-order valence-electron chi connectivity index (χ3n) is 2.40. The molecule has 0 bridgehead atoms. The van der Waals surface area contributed by atoms with Crippen molar-refractivity contribution in [3.63, 3.8) is 0 Å². The van der Waals surface area contributed by atoms with E-state index in [1.807, 2.05) is 0 Å². The molecule has 0 aromatic carbocycles. The molecule has 0 unspecified atom stereocenters. The average molecular weight is 246 g/mol. The molecule has 0 saturated heterocycles. The third-order valence-corrected chi connectivity index (χ3v) is 2.82. The van der Waals surface area contributed by atoms with Gasteiger partial charge in [0.05, 0.1) is 12.1 Å². The van der Waals surface area contributed by atoms with Gasteiger partial charge in [0.25, 0.3) is 0 Å². The van der Waals surface area contributed by atoms with Crippen LogP contribution in [0.2, 0.25) is 0 Å². The highest BCUT2D eigenvalue weighted by molar-refractivity contribution is 9.10. The van der Waals surface area contributed by atoms with Crippen molar-refractivity contribution in [2.24, 2.45) is 11.7 Å². The highest BCUT2D eigenvalue weighted by Gasteiger charge is 2.35. The third kappa shape index (κ3) is 1.95. The number of aliphatic hydroxyl groups excluding tert-OH is 1. The van der Waals surface area contributed by atoms with E-state index in [1.165, 1.54) is 0 Å². The topological polar surface area (TPSA) is 59.4 Å². The van der Waals surface area contributed by atoms with Gasteiger partial charge in [-0.25, -0.2) is 0 Å². The molecule has 2 rings (SSSR count). The lowest BCUT2D eigenvalue weighted by Crippen LogP contribution is -2.27. The van der Waals surface area contributed by atoms with E-state index in [0.29, 0.717) is 16.3 Å². The van der Waals surface area contributed by atoms with Crippen molar-refractivity contribution < 1.29 is 9.52 Å². The first-order valence-electron chi connectivity index (χ1n) is 4.37. The van der Waals surface area contributed by atoms with E-state index in [9.17, 15) is 5.11 Å². The van der Waals surface area contributed by atoms with Crippen molar-refractivity contribution in [1.82, 2.24) is 0 Å². The van der Waals surface area contributed by atoms with Crippen molar-refractivity contribution in [2.75, 3.05) is 0 Å². The van der Waals surface area contributed by atoms with Gasteiger partial charge in [-0.2, -0.15) is 0 Å². The summed E-state index contributed by atoms with van der Waals surface area (Å²) in [5.74, 6) is 1.02. The maximum atomic E-state index is 9.72. The smallest absolute Gasteiger partial charge is 0.169 e. The van der Waals surface area contributed by atoms with Gasteiger partial charge < -0.3 is 15.3 Å². The average Bonchev–Trinajstić information content (AvgIpc) is 2.87. The van der Waals surface area contributed by atoms with Crippen LogP contribution in [-0.4, -0.2) is 11.2 Å². The summed E-state index contributed by atoms with van der Waals surface area (Å²) in [6.07, 6.45) is 1.70. The molecule has 3 N–H and O–H groups in total. The van der Waals surface area contributed by atoms with Crippen molar-refractivity contribution >= 4 is 15.9 Å². The maximum absolute atomic E-state index is 9.72. The van der Waals surface area contributed by atoms with Gasteiger partial charge >= 0.3 is 0 Å². The summed E-state index contributed by atoms with van der Waals surface area (Å²) < 4.78 is 5.93. The van der Waals surface area contributed by atoms with Gasteiger partial charge in [-0.1, -0.05) is 0 Å². The first-order chi connectivity index (χ1) is 6.18. The number of hydrogen-bond acceptors (Lipinski definition) is 3. The highest BCUT2D eigenvalue weighted by atomic mass is 79.9. The Bertz CT molecular complexity index is 296. The standard InChI is InChI=1S/C9H12BrNO2/c10-7-4-3-6(13-7)8(11)9(12)5-1-2-5/h3-5,8-9,12H,1-2,11H2/t8-,9+/m0/s1. The van der Waals surface area contributed by atoms with Crippen LogP contribution in [0, 0.1) is 5.92 Å². The molecule has 3 nitrogen and oxygen atoms in total. The second-order valence-electron chi connectivity index (χ2n) is 3.50. The molecule has 1 aliphatic carbocycles. The van der Waals surface area contributed by atoms with E-state index >= 15 is 0 Å². The summed E-state index contributed by atoms with van der Waals surface area (Å²) in [4.78, 5) is 0. The fraction of sp³-hybridized carbons (Fsp3) is 0.556. The number of furan rings is 1. The van der Waals surface area contributed by atoms with E-state index in [2.05, 4.69) is 15.9 Å². The molecule has 0 radical (unpaired) electrons. The van der Waals surface area contributed by atoms with Crippen LogP contribution >= 0.6 is 15.9 Å². The van der Waals surface area contributed by atoms with Gasteiger partial charge in [0.1, 0.15) is 5.76 Å². The van der Waals surface area contributed by atoms with Gasteiger partial charge in [0, 0.05) is 0 Å². The van der Waals surface area contributed by atoms with Crippen LogP contribution in [-0.2, 0) is 0 Å². The number of rotatable bonds is 3. The lowest BCUT2D eigenvalue weighted by Gasteiger charge is -2.15. The van der Waals surface area contributed by atoms with E-state index in [1.54, 1.807) is 12.1 Å². The van der Waals surface area contributed by atoms with Crippen molar-refractivity contribution in [3.05, 3.63) is 22.6 Å². The fourth-order valence-corrected chi connectivity index (χ4v) is 1.73. The number of halogens is 1. The van der Waals surface area contributed by atoms with Crippen LogP contribution in [0.3, 0.4) is 0 Å². The van der Waals surface area contributed by atoms with Crippen LogP contribution in [0.5, 0.6) is 0 Å². The summed E-state index contributed by atoms with van der Waals surface area (Å²) in [5, 5.41) is 9.72. The monoisotopic (exact) mass is 245 g/mol. The molecule has 1 heterocycles. The summed E-state index contributed by atoms with van der Waals surface area (Å²) in [6, 6.07) is 3.19. The molecular formula is C9H12BrNO2. The van der Waals surface area contributed by atoms with Crippen LogP contribution in [0.4, 0.5) is 0 Å². The molecule has 0 aliphatic heterocycles. The van der Waals surface area contributed by atoms with Gasteiger partial charge in [-0.05, 0) is 46.8 Å². The van der Waals surface area contributed by atoms with E-state index in [0.717, 1.165) is 12.8 Å². The SMILES string of the molecule is N[C@@H](c1ccc(Br)o1)[C@H](O)C1CC1. The quantitative estimate of drug-likeness (QED) is 0.855. The van der Waals surface area contributed by atoms with Crippen LogP contribution in [0.1, 0.15) is 24.6 Å². The Morgan fingerprint density at radius 3 is 2.69 bits per heavy atom. The Hall–Kier alpha value is -0.320. The minimum absolute atomic E-state index is 0.374. The summed E-state index contributed by atoms with van der Waals surface area (Å²) >= 11 is 3.20. The first kappa shape index (κ1) is 9.24. The molecule has 72 valence electrons. The zero-order valence-corrected chi connectivity index (χ0v) is 8.70. The minimum atomic E-state index is -0.460. The number of hydrogen-bond donors (Lipinski definition) is 2. The Labute approximate surface area is 85.0 Å². The minimum Gasteiger partial charge on any atom is -0.453 e. The zero-order chi connectivity index (χ0) is 9.42. The molecule has 1 aromatic heterocycles. The van der Waals surface area contributed by atoms with E-state index in [4.69, 9.17) is 10.2 Å². The number of aliphatic hydroxyl groups is 1. The van der Waals surface area contributed by atoms with Crippen LogP contribution < -0.4 is 5.73 Å². The molecule has 0 spiro atoms. The Kier molecular flexibility index (Phi) is 2.45. The molecule has 1 aromatic rings. The normalized spacial score (nSPS) is 21.5. The van der Waals surface area contributed by atoms with Gasteiger partial charge in [-0.15, -0.1) is 0 Å². The first-order valence-corrected chi connectivity index (χ1v) is 5.16. The van der Waals surface area contributed by atoms with Gasteiger partial charge in [0.15, 0.2) is 4.67 Å². The molecule has 13 heavy (non-hydrogen) atoms. The van der Waals surface area contributed by atoms with Crippen LogP contribution in [0.25, 0.3) is 0 Å². The lowest BCUT2D eigenvalue weighted by molar-refractivity contribution is 0.113. The zero-order valence-electron chi connectivity index (χ0n) is 7.11. The lowest BCUT2D eigenvalue weighted by atomic mass is 10.1. The molecule has 1 aliphatic rings. The molecule has 4 heteroatoms.